The number of rotatable bonds is 4. The third-order valence-corrected chi connectivity index (χ3v) is 2.92. The van der Waals surface area contributed by atoms with Crippen molar-refractivity contribution in [3.63, 3.8) is 0 Å². The minimum absolute atomic E-state index is 0.193. The Kier molecular flexibility index (Phi) is 4.66. The van der Waals surface area contributed by atoms with Crippen LogP contribution in [0.3, 0.4) is 0 Å². The number of benzene rings is 1. The molecule has 1 saturated heterocycles. The van der Waals surface area contributed by atoms with Crippen molar-refractivity contribution in [3.8, 4) is 0 Å². The highest BCUT2D eigenvalue weighted by Gasteiger charge is 2.14. The van der Waals surface area contributed by atoms with Crippen molar-refractivity contribution >= 4 is 11.6 Å². The van der Waals surface area contributed by atoms with Crippen LogP contribution in [-0.2, 0) is 9.53 Å². The first-order valence-electron chi connectivity index (χ1n) is 6.11. The van der Waals surface area contributed by atoms with Gasteiger partial charge in [0, 0.05) is 19.3 Å². The van der Waals surface area contributed by atoms with E-state index in [1.165, 1.54) is 6.07 Å². The molecule has 2 rings (SSSR count). The lowest BCUT2D eigenvalue weighted by molar-refractivity contribution is -0.115. The van der Waals surface area contributed by atoms with E-state index in [1.54, 1.807) is 18.2 Å². The average Bonchev–Trinajstić information content (AvgIpc) is 2.40. The fraction of sp³-hybridized carbons (Fsp3) is 0.462. The molecule has 4 nitrogen and oxygen atoms in total. The Morgan fingerprint density at radius 1 is 1.33 bits per heavy atom. The first-order chi connectivity index (χ1) is 8.75. The summed E-state index contributed by atoms with van der Waals surface area (Å²) >= 11 is 0. The number of carbonyl (C=O) groups excluding carboxylic acids is 1. The summed E-state index contributed by atoms with van der Waals surface area (Å²) in [5, 5.41) is 5.69. The molecule has 1 aliphatic heterocycles. The van der Waals surface area contributed by atoms with E-state index in [1.807, 2.05) is 0 Å². The standard InChI is InChI=1S/C13H17FN2O2/c14-11-3-1-2-4-12(11)16-13(17)9-15-10-5-7-18-8-6-10/h1-4,10,15H,5-9H2,(H,16,17). The molecule has 1 aromatic rings. The van der Waals surface area contributed by atoms with Crippen molar-refractivity contribution in [2.24, 2.45) is 0 Å². The Labute approximate surface area is 106 Å². The van der Waals surface area contributed by atoms with E-state index in [4.69, 9.17) is 4.74 Å². The van der Waals surface area contributed by atoms with Gasteiger partial charge in [-0.3, -0.25) is 4.79 Å². The number of hydrogen-bond donors (Lipinski definition) is 2. The summed E-state index contributed by atoms with van der Waals surface area (Å²) in [6, 6.07) is 6.45. The van der Waals surface area contributed by atoms with E-state index in [0.29, 0.717) is 6.04 Å². The second-order valence-corrected chi connectivity index (χ2v) is 4.30. The molecule has 0 spiro atoms. The van der Waals surface area contributed by atoms with E-state index in [2.05, 4.69) is 10.6 Å². The molecule has 0 aromatic heterocycles. The van der Waals surface area contributed by atoms with Crippen LogP contribution < -0.4 is 10.6 Å². The van der Waals surface area contributed by atoms with E-state index in [-0.39, 0.29) is 18.1 Å². The SMILES string of the molecule is O=C(CNC1CCOCC1)Nc1ccccc1F. The molecule has 0 atom stereocenters. The molecular formula is C13H17FN2O2. The number of nitrogens with one attached hydrogen (secondary N) is 2. The van der Waals surface area contributed by atoms with Crippen molar-refractivity contribution in [2.75, 3.05) is 25.1 Å². The van der Waals surface area contributed by atoms with E-state index in [9.17, 15) is 9.18 Å². The predicted molar refractivity (Wildman–Crippen MR) is 66.9 cm³/mol. The highest BCUT2D eigenvalue weighted by molar-refractivity contribution is 5.92. The molecule has 2 N–H and O–H groups in total. The highest BCUT2D eigenvalue weighted by Crippen LogP contribution is 2.12. The van der Waals surface area contributed by atoms with Crippen LogP contribution >= 0.6 is 0 Å². The van der Waals surface area contributed by atoms with Gasteiger partial charge in [-0.25, -0.2) is 4.39 Å². The van der Waals surface area contributed by atoms with Crippen molar-refractivity contribution in [3.05, 3.63) is 30.1 Å². The molecule has 1 fully saturated rings. The summed E-state index contributed by atoms with van der Waals surface area (Å²) in [7, 11) is 0. The molecule has 0 aliphatic carbocycles. The molecule has 1 heterocycles. The maximum Gasteiger partial charge on any atom is 0.238 e. The van der Waals surface area contributed by atoms with Crippen LogP contribution in [-0.4, -0.2) is 31.7 Å². The van der Waals surface area contributed by atoms with Gasteiger partial charge in [-0.15, -0.1) is 0 Å². The van der Waals surface area contributed by atoms with Crippen LogP contribution in [0.1, 0.15) is 12.8 Å². The van der Waals surface area contributed by atoms with Gasteiger partial charge in [0.05, 0.1) is 12.2 Å². The number of ether oxygens (including phenoxy) is 1. The Hall–Kier alpha value is -1.46. The molecule has 18 heavy (non-hydrogen) atoms. The molecule has 1 aliphatic rings. The first-order valence-corrected chi connectivity index (χ1v) is 6.11. The predicted octanol–water partition coefficient (Wildman–Crippen LogP) is 1.53. The molecule has 1 amide bonds. The third-order valence-electron chi connectivity index (χ3n) is 2.92. The molecule has 0 unspecified atom stereocenters. The number of carbonyl (C=O) groups is 1. The summed E-state index contributed by atoms with van der Waals surface area (Å²) < 4.78 is 18.5. The normalized spacial score (nSPS) is 16.5. The van der Waals surface area contributed by atoms with Gasteiger partial charge in [0.15, 0.2) is 0 Å². The van der Waals surface area contributed by atoms with Crippen molar-refractivity contribution < 1.29 is 13.9 Å². The number of anilines is 1. The fourth-order valence-corrected chi connectivity index (χ4v) is 1.90. The van der Waals surface area contributed by atoms with Gasteiger partial charge < -0.3 is 15.4 Å². The van der Waals surface area contributed by atoms with Gasteiger partial charge in [0.1, 0.15) is 5.82 Å². The number of para-hydroxylation sites is 1. The zero-order valence-electron chi connectivity index (χ0n) is 10.1. The maximum atomic E-state index is 13.3. The van der Waals surface area contributed by atoms with Crippen LogP contribution in [0.2, 0.25) is 0 Å². The minimum atomic E-state index is -0.420. The van der Waals surface area contributed by atoms with Gasteiger partial charge in [-0.1, -0.05) is 12.1 Å². The molecule has 5 heteroatoms. The molecule has 0 saturated carbocycles. The largest absolute Gasteiger partial charge is 0.381 e. The molecular weight excluding hydrogens is 235 g/mol. The summed E-state index contributed by atoms with van der Waals surface area (Å²) in [5.74, 6) is -0.650. The Bertz CT molecular complexity index is 406. The molecule has 0 bridgehead atoms. The first kappa shape index (κ1) is 13.0. The Morgan fingerprint density at radius 2 is 2.06 bits per heavy atom. The van der Waals surface area contributed by atoms with E-state index >= 15 is 0 Å². The topological polar surface area (TPSA) is 50.4 Å². The van der Waals surface area contributed by atoms with Crippen molar-refractivity contribution in [1.29, 1.82) is 0 Å². The second kappa shape index (κ2) is 6.47. The number of amides is 1. The zero-order valence-corrected chi connectivity index (χ0v) is 10.1. The van der Waals surface area contributed by atoms with Gasteiger partial charge in [0.2, 0.25) is 5.91 Å². The fourth-order valence-electron chi connectivity index (χ4n) is 1.90. The van der Waals surface area contributed by atoms with Gasteiger partial charge in [0.25, 0.3) is 0 Å². The van der Waals surface area contributed by atoms with Gasteiger partial charge in [-0.05, 0) is 25.0 Å². The van der Waals surface area contributed by atoms with Crippen molar-refractivity contribution in [2.45, 2.75) is 18.9 Å². The molecule has 1 aromatic carbocycles. The lowest BCUT2D eigenvalue weighted by atomic mass is 10.1. The smallest absolute Gasteiger partial charge is 0.238 e. The Morgan fingerprint density at radius 3 is 2.78 bits per heavy atom. The van der Waals surface area contributed by atoms with Crippen LogP contribution in [0.25, 0.3) is 0 Å². The average molecular weight is 252 g/mol. The maximum absolute atomic E-state index is 13.3. The summed E-state index contributed by atoms with van der Waals surface area (Å²) in [5.41, 5.74) is 0.219. The Balaban J connectivity index is 1.76. The van der Waals surface area contributed by atoms with Crippen molar-refractivity contribution in [1.82, 2.24) is 5.32 Å². The lowest BCUT2D eigenvalue weighted by Gasteiger charge is -2.22. The quantitative estimate of drug-likeness (QED) is 0.854. The van der Waals surface area contributed by atoms with Crippen LogP contribution in [0, 0.1) is 5.82 Å². The lowest BCUT2D eigenvalue weighted by Crippen LogP contribution is -2.39. The van der Waals surface area contributed by atoms with Gasteiger partial charge in [-0.2, -0.15) is 0 Å². The third kappa shape index (κ3) is 3.78. The minimum Gasteiger partial charge on any atom is -0.381 e. The monoisotopic (exact) mass is 252 g/mol. The number of hydrogen-bond acceptors (Lipinski definition) is 3. The van der Waals surface area contributed by atoms with Crippen LogP contribution in [0.4, 0.5) is 10.1 Å². The summed E-state index contributed by atoms with van der Waals surface area (Å²) in [4.78, 5) is 11.6. The van der Waals surface area contributed by atoms with E-state index in [0.717, 1.165) is 26.1 Å². The number of halogens is 1. The van der Waals surface area contributed by atoms with Gasteiger partial charge >= 0.3 is 0 Å². The second-order valence-electron chi connectivity index (χ2n) is 4.30. The van der Waals surface area contributed by atoms with Crippen LogP contribution in [0.15, 0.2) is 24.3 Å². The van der Waals surface area contributed by atoms with E-state index < -0.39 is 5.82 Å². The molecule has 98 valence electrons. The summed E-state index contributed by atoms with van der Waals surface area (Å²) in [6.07, 6.45) is 1.82. The molecule has 0 radical (unpaired) electrons. The summed E-state index contributed by atoms with van der Waals surface area (Å²) in [6.45, 7) is 1.65. The van der Waals surface area contributed by atoms with Crippen LogP contribution in [0.5, 0.6) is 0 Å². The zero-order chi connectivity index (χ0) is 12.8. The highest BCUT2D eigenvalue weighted by atomic mass is 19.1.